The normalized spacial score (nSPS) is 22.0. The van der Waals surface area contributed by atoms with Crippen LogP contribution >= 0.6 is 0 Å². The Balaban J connectivity index is 1.15. The maximum atomic E-state index is 13.7. The number of primary amides is 1. The minimum absolute atomic E-state index is 0.0260. The van der Waals surface area contributed by atoms with Crippen LogP contribution in [0.15, 0.2) is 60.2 Å². The number of carbonyl (C=O) groups is 8. The van der Waals surface area contributed by atoms with Crippen LogP contribution in [0.2, 0.25) is 0 Å². The Morgan fingerprint density at radius 3 is 1.97 bits per heavy atom. The van der Waals surface area contributed by atoms with Crippen molar-refractivity contribution in [3.63, 3.8) is 0 Å². The van der Waals surface area contributed by atoms with Crippen molar-refractivity contribution in [1.82, 2.24) is 31.1 Å². The highest BCUT2D eigenvalue weighted by atomic mass is 16.6. The predicted octanol–water partition coefficient (Wildman–Crippen LogP) is 2.55. The molecule has 0 bridgehead atoms. The average molecular weight is 1350 g/mol. The number of carbonyl (C=O) groups excluding carboxylic acids is 8. The molecule has 11 atom stereocenters. The number of nitrogens with one attached hydrogen (secondary N) is 5. The molecule has 3 aliphatic rings. The van der Waals surface area contributed by atoms with Crippen molar-refractivity contribution < 1.29 is 95.6 Å². The standard InChI is InChI=1S/C66H107N9O20/c1-44(2)60(73-58(78)22-27-85-29-31-87-33-35-89-37-38-90-36-34-88-32-30-86-28-23-67)63(82)72-53(11-10-24-69-64(68)83)62(81)70-51-17-15-50(16-18-51)42-91-65(84)75(9)26-25-74(8)59(79)40-52-41-66(43-92-66)61(80)56(95-52)20-13-45(3)12-19-55-46(4)39-54(48(6)94-55)71-57(77)21-14-47(5)93-49(7)76/h12-18,20-21,44,46-48,52-56,60-61,80H,10-11,19,22-43,67H2,1-9H3,(H,70,81)(H,71,77)(H,72,82)(H,73,78)(H3,68,69,83). The van der Waals surface area contributed by atoms with E-state index in [1.54, 1.807) is 65.2 Å². The molecule has 4 rings (SSSR count). The molecular formula is C66H107N9O20. The van der Waals surface area contributed by atoms with E-state index in [1.165, 1.54) is 28.9 Å². The molecule has 3 aliphatic heterocycles. The summed E-state index contributed by atoms with van der Waals surface area (Å²) in [5.74, 6) is -2.71. The molecule has 8 amide bonds. The second-order valence-corrected chi connectivity index (χ2v) is 24.3. The van der Waals surface area contributed by atoms with Gasteiger partial charge in [-0.2, -0.15) is 0 Å². The van der Waals surface area contributed by atoms with E-state index in [4.69, 9.17) is 63.6 Å². The third-order valence-corrected chi connectivity index (χ3v) is 15.9. The monoisotopic (exact) mass is 1350 g/mol. The number of hydrogen-bond acceptors (Lipinski definition) is 21. The van der Waals surface area contributed by atoms with Crippen LogP contribution in [-0.4, -0.2) is 249 Å². The fraction of sp³-hybridized carbons (Fsp3) is 0.697. The van der Waals surface area contributed by atoms with Gasteiger partial charge in [0.1, 0.15) is 42.6 Å². The van der Waals surface area contributed by atoms with Crippen molar-refractivity contribution >= 4 is 53.3 Å². The lowest BCUT2D eigenvalue weighted by molar-refractivity contribution is -0.150. The Hall–Kier alpha value is -6.64. The fourth-order valence-corrected chi connectivity index (χ4v) is 10.2. The second kappa shape index (κ2) is 44.2. The summed E-state index contributed by atoms with van der Waals surface area (Å²) in [6, 6.07) is 3.56. The Bertz CT molecular complexity index is 2610. The number of esters is 1. The van der Waals surface area contributed by atoms with Gasteiger partial charge in [-0.3, -0.25) is 28.8 Å². The van der Waals surface area contributed by atoms with Crippen LogP contribution in [0.25, 0.3) is 0 Å². The minimum Gasteiger partial charge on any atom is -0.459 e. The van der Waals surface area contributed by atoms with Crippen molar-refractivity contribution in [2.75, 3.05) is 131 Å². The number of urea groups is 1. The van der Waals surface area contributed by atoms with Gasteiger partial charge in [0.15, 0.2) is 0 Å². The smallest absolute Gasteiger partial charge is 0.409 e. The zero-order valence-electron chi connectivity index (χ0n) is 57.0. The summed E-state index contributed by atoms with van der Waals surface area (Å²) in [6.07, 6.45) is 7.02. The van der Waals surface area contributed by atoms with Gasteiger partial charge in [-0.05, 0) is 82.1 Å². The van der Waals surface area contributed by atoms with Crippen molar-refractivity contribution in [2.45, 2.75) is 160 Å². The van der Waals surface area contributed by atoms with Gasteiger partial charge < -0.3 is 105 Å². The van der Waals surface area contributed by atoms with Crippen LogP contribution < -0.4 is 38.1 Å². The van der Waals surface area contributed by atoms with E-state index in [0.29, 0.717) is 103 Å². The summed E-state index contributed by atoms with van der Waals surface area (Å²) in [4.78, 5) is 105. The molecule has 0 radical (unpaired) electrons. The zero-order valence-corrected chi connectivity index (χ0v) is 57.0. The molecule has 11 unspecified atom stereocenters. The van der Waals surface area contributed by atoms with Crippen LogP contribution in [0.5, 0.6) is 0 Å². The van der Waals surface area contributed by atoms with Crippen LogP contribution in [0.4, 0.5) is 15.3 Å². The van der Waals surface area contributed by atoms with Crippen molar-refractivity contribution in [2.24, 2.45) is 23.3 Å². The number of amides is 8. The number of nitrogens with two attached hydrogens (primary N) is 2. The average Bonchev–Trinajstić information content (AvgIpc) is 1.61. The van der Waals surface area contributed by atoms with Gasteiger partial charge in [0, 0.05) is 71.8 Å². The van der Waals surface area contributed by atoms with Crippen molar-refractivity contribution in [1.29, 1.82) is 0 Å². The Kier molecular flexibility index (Phi) is 37.6. The lowest BCUT2D eigenvalue weighted by atomic mass is 9.87. The number of hydrogen-bond donors (Lipinski definition) is 8. The number of aliphatic hydroxyl groups is 1. The molecule has 10 N–H and O–H groups in total. The third-order valence-electron chi connectivity index (χ3n) is 15.9. The quantitative estimate of drug-likeness (QED) is 0.0153. The SMILES string of the molecule is CC(=O)OC(C)C=CC(=O)NC1CC(C)C(CC=C(C)C=CC2OC(CC(=O)N(C)CCN(C)C(=O)OCc3ccc(NC(=O)C(CCCNC(N)=O)NC(=O)C(NC(=O)CCOCCOCCOCCOCCOCCOCCN)C(C)C)cc3)CC3(CO3)C2O)OC1C. The molecule has 1 spiro atoms. The summed E-state index contributed by atoms with van der Waals surface area (Å²) in [6.45, 7) is 18.2. The summed E-state index contributed by atoms with van der Waals surface area (Å²) in [7, 11) is 3.19. The van der Waals surface area contributed by atoms with Gasteiger partial charge in [-0.15, -0.1) is 0 Å². The first-order valence-corrected chi connectivity index (χ1v) is 32.8. The number of likely N-dealkylation sites (N-methyl/N-ethyl adjacent to an activating group) is 2. The first kappa shape index (κ1) is 80.8. The Morgan fingerprint density at radius 2 is 1.39 bits per heavy atom. The maximum absolute atomic E-state index is 13.7. The van der Waals surface area contributed by atoms with E-state index in [2.05, 4.69) is 39.6 Å². The maximum Gasteiger partial charge on any atom is 0.409 e. The Labute approximate surface area is 559 Å². The van der Waals surface area contributed by atoms with Gasteiger partial charge >= 0.3 is 18.1 Å². The number of anilines is 1. The predicted molar refractivity (Wildman–Crippen MR) is 350 cm³/mol. The molecule has 1 aromatic rings. The van der Waals surface area contributed by atoms with Crippen LogP contribution in [-0.2, 0) is 87.5 Å². The molecule has 3 fully saturated rings. The first-order chi connectivity index (χ1) is 45.4. The highest BCUT2D eigenvalue weighted by Gasteiger charge is 2.58. The van der Waals surface area contributed by atoms with E-state index in [-0.39, 0.29) is 114 Å². The molecule has 536 valence electrons. The molecule has 1 aromatic carbocycles. The van der Waals surface area contributed by atoms with Crippen LogP contribution in [0.1, 0.15) is 99.0 Å². The third kappa shape index (κ3) is 32.3. The number of aliphatic hydroxyl groups excluding tert-OH is 1. The number of nitrogens with zero attached hydrogens (tertiary/aromatic N) is 2. The summed E-state index contributed by atoms with van der Waals surface area (Å²) in [5, 5.41) is 25.1. The van der Waals surface area contributed by atoms with Crippen molar-refractivity contribution in [3.05, 3.63) is 65.8 Å². The second-order valence-electron chi connectivity index (χ2n) is 24.3. The number of epoxide rings is 1. The summed E-state index contributed by atoms with van der Waals surface area (Å²) >= 11 is 0. The van der Waals surface area contributed by atoms with Gasteiger partial charge in [-0.25, -0.2) is 9.59 Å². The zero-order chi connectivity index (χ0) is 69.7. The first-order valence-electron chi connectivity index (χ1n) is 32.8. The van der Waals surface area contributed by atoms with Crippen LogP contribution in [0.3, 0.4) is 0 Å². The number of ether oxygens (including phenoxy) is 11. The van der Waals surface area contributed by atoms with E-state index in [1.807, 2.05) is 19.9 Å². The van der Waals surface area contributed by atoms with Crippen molar-refractivity contribution in [3.8, 4) is 0 Å². The van der Waals surface area contributed by atoms with E-state index in [9.17, 15) is 43.5 Å². The molecule has 95 heavy (non-hydrogen) atoms. The Morgan fingerprint density at radius 1 is 0.789 bits per heavy atom. The lowest BCUT2D eigenvalue weighted by Crippen LogP contribution is -2.54. The molecule has 0 saturated carbocycles. The highest BCUT2D eigenvalue weighted by molar-refractivity contribution is 5.98. The van der Waals surface area contributed by atoms with E-state index >= 15 is 0 Å². The van der Waals surface area contributed by atoms with E-state index < -0.39 is 77.9 Å². The van der Waals surface area contributed by atoms with Gasteiger partial charge in [0.25, 0.3) is 0 Å². The molecule has 0 aliphatic carbocycles. The molecule has 0 aromatic heterocycles. The highest BCUT2D eigenvalue weighted by Crippen LogP contribution is 2.43. The largest absolute Gasteiger partial charge is 0.459 e. The van der Waals surface area contributed by atoms with Gasteiger partial charge in [-0.1, -0.05) is 56.7 Å². The summed E-state index contributed by atoms with van der Waals surface area (Å²) in [5.41, 5.74) is 11.7. The van der Waals surface area contributed by atoms with Gasteiger partial charge in [0.05, 0.1) is 117 Å². The lowest BCUT2D eigenvalue weighted by Gasteiger charge is -2.39. The molecule has 29 heteroatoms. The number of allylic oxidation sites excluding steroid dienone is 2. The molecule has 29 nitrogen and oxygen atoms in total. The van der Waals surface area contributed by atoms with Gasteiger partial charge in [0.2, 0.25) is 29.5 Å². The fourth-order valence-electron chi connectivity index (χ4n) is 10.2. The van der Waals surface area contributed by atoms with Crippen LogP contribution in [0, 0.1) is 11.8 Å². The summed E-state index contributed by atoms with van der Waals surface area (Å²) < 4.78 is 61.7. The molecule has 3 heterocycles. The molecular weight excluding hydrogens is 1240 g/mol. The minimum atomic E-state index is -1.07. The number of benzene rings is 1. The number of rotatable bonds is 45. The molecule has 3 saturated heterocycles. The topological polar surface area (TPSA) is 380 Å². The van der Waals surface area contributed by atoms with E-state index in [0.717, 1.165) is 5.57 Å².